The Balaban J connectivity index is 2.47. The number of fused-ring (bicyclic) bond motifs is 1. The third-order valence-corrected chi connectivity index (χ3v) is 2.43. The van der Waals surface area contributed by atoms with Gasteiger partial charge >= 0.3 is 5.97 Å². The second-order valence-electron chi connectivity index (χ2n) is 3.69. The average Bonchev–Trinajstić information content (AvgIpc) is 2.35. The fourth-order valence-electron chi connectivity index (χ4n) is 1.57. The molecule has 0 atom stereocenters. The maximum atomic E-state index is 10.8. The molecule has 0 saturated carbocycles. The van der Waals surface area contributed by atoms with Crippen molar-refractivity contribution in [3.63, 3.8) is 0 Å². The summed E-state index contributed by atoms with van der Waals surface area (Å²) in [4.78, 5) is 19.1. The van der Waals surface area contributed by atoms with E-state index in [9.17, 15) is 4.79 Å². The van der Waals surface area contributed by atoms with Crippen molar-refractivity contribution < 1.29 is 9.90 Å². The van der Waals surface area contributed by atoms with Crippen LogP contribution in [0.1, 0.15) is 23.7 Å². The zero-order chi connectivity index (χ0) is 12.3. The van der Waals surface area contributed by atoms with Gasteiger partial charge in [0.1, 0.15) is 12.1 Å². The summed E-state index contributed by atoms with van der Waals surface area (Å²) in [7, 11) is 0. The first-order chi connectivity index (χ1) is 8.22. The topological polar surface area (TPSA) is 75.1 Å². The number of carboxylic acids is 1. The number of nitrogens with one attached hydrogen (secondary N) is 1. The van der Waals surface area contributed by atoms with Gasteiger partial charge in [0, 0.05) is 11.9 Å². The van der Waals surface area contributed by atoms with E-state index in [4.69, 9.17) is 5.11 Å². The van der Waals surface area contributed by atoms with Crippen molar-refractivity contribution in [3.05, 3.63) is 30.1 Å². The fraction of sp³-hybridized carbons (Fsp3) is 0.250. The molecule has 0 saturated heterocycles. The van der Waals surface area contributed by atoms with Gasteiger partial charge in [0.15, 0.2) is 0 Å². The Kier molecular flexibility index (Phi) is 3.18. The zero-order valence-electron chi connectivity index (χ0n) is 9.47. The Morgan fingerprint density at radius 2 is 2.24 bits per heavy atom. The van der Waals surface area contributed by atoms with Crippen LogP contribution in [0.4, 0.5) is 5.82 Å². The second-order valence-corrected chi connectivity index (χ2v) is 3.69. The maximum absolute atomic E-state index is 10.8. The summed E-state index contributed by atoms with van der Waals surface area (Å²) < 4.78 is 0. The standard InChI is InChI=1S/C12H13N3O2/c1-2-5-13-11-9-4-3-8(12(16)17)6-10(9)14-7-15-11/h3-4,6-7H,2,5H2,1H3,(H,16,17)(H,13,14,15). The highest BCUT2D eigenvalue weighted by molar-refractivity contribution is 5.96. The molecular weight excluding hydrogens is 218 g/mol. The molecule has 1 aromatic heterocycles. The number of anilines is 1. The highest BCUT2D eigenvalue weighted by Crippen LogP contribution is 2.20. The molecule has 2 N–H and O–H groups in total. The number of carboxylic acid groups (broad SMARTS) is 1. The van der Waals surface area contributed by atoms with Gasteiger partial charge in [-0.25, -0.2) is 14.8 Å². The molecule has 88 valence electrons. The molecule has 0 aliphatic rings. The molecule has 0 aliphatic heterocycles. The first kappa shape index (κ1) is 11.3. The Morgan fingerprint density at radius 3 is 2.94 bits per heavy atom. The van der Waals surface area contributed by atoms with Crippen LogP contribution in [-0.4, -0.2) is 27.6 Å². The Hall–Kier alpha value is -2.17. The van der Waals surface area contributed by atoms with Crippen LogP contribution in [0.25, 0.3) is 10.9 Å². The van der Waals surface area contributed by atoms with Crippen molar-refractivity contribution in [1.82, 2.24) is 9.97 Å². The minimum absolute atomic E-state index is 0.234. The number of aromatic nitrogens is 2. The molecule has 0 spiro atoms. The van der Waals surface area contributed by atoms with E-state index in [2.05, 4.69) is 22.2 Å². The van der Waals surface area contributed by atoms with E-state index in [1.165, 1.54) is 6.33 Å². The van der Waals surface area contributed by atoms with Crippen LogP contribution in [0.2, 0.25) is 0 Å². The van der Waals surface area contributed by atoms with E-state index in [0.717, 1.165) is 24.2 Å². The summed E-state index contributed by atoms with van der Waals surface area (Å²) in [6.45, 7) is 2.89. The Labute approximate surface area is 98.5 Å². The number of hydrogen-bond acceptors (Lipinski definition) is 4. The molecule has 0 fully saturated rings. The van der Waals surface area contributed by atoms with Crippen molar-refractivity contribution in [1.29, 1.82) is 0 Å². The van der Waals surface area contributed by atoms with Gasteiger partial charge in [-0.1, -0.05) is 6.92 Å². The Bertz CT molecular complexity index is 554. The van der Waals surface area contributed by atoms with Crippen LogP contribution in [-0.2, 0) is 0 Å². The molecule has 0 bridgehead atoms. The summed E-state index contributed by atoms with van der Waals surface area (Å²) in [5, 5.41) is 12.9. The maximum Gasteiger partial charge on any atom is 0.335 e. The van der Waals surface area contributed by atoms with Crippen molar-refractivity contribution >= 4 is 22.7 Å². The van der Waals surface area contributed by atoms with Crippen LogP contribution in [0.3, 0.4) is 0 Å². The van der Waals surface area contributed by atoms with Crippen LogP contribution >= 0.6 is 0 Å². The monoisotopic (exact) mass is 231 g/mol. The van der Waals surface area contributed by atoms with E-state index in [0.29, 0.717) is 5.52 Å². The number of aromatic carboxylic acids is 1. The number of rotatable bonds is 4. The molecule has 0 unspecified atom stereocenters. The molecule has 17 heavy (non-hydrogen) atoms. The lowest BCUT2D eigenvalue weighted by molar-refractivity contribution is 0.0697. The van der Waals surface area contributed by atoms with Gasteiger partial charge in [0.2, 0.25) is 0 Å². The van der Waals surface area contributed by atoms with Crippen LogP contribution in [0, 0.1) is 0 Å². The van der Waals surface area contributed by atoms with Crippen LogP contribution in [0.5, 0.6) is 0 Å². The number of carbonyl (C=O) groups is 1. The molecule has 5 nitrogen and oxygen atoms in total. The molecule has 0 amide bonds. The van der Waals surface area contributed by atoms with Crippen molar-refractivity contribution in [2.75, 3.05) is 11.9 Å². The molecule has 2 rings (SSSR count). The van der Waals surface area contributed by atoms with Gasteiger partial charge in [-0.15, -0.1) is 0 Å². The van der Waals surface area contributed by atoms with Crippen molar-refractivity contribution in [3.8, 4) is 0 Å². The van der Waals surface area contributed by atoms with E-state index >= 15 is 0 Å². The first-order valence-corrected chi connectivity index (χ1v) is 5.44. The lowest BCUT2D eigenvalue weighted by Gasteiger charge is -2.07. The summed E-state index contributed by atoms with van der Waals surface area (Å²) >= 11 is 0. The second kappa shape index (κ2) is 4.78. The van der Waals surface area contributed by atoms with Gasteiger partial charge in [0.25, 0.3) is 0 Å². The normalized spacial score (nSPS) is 10.4. The molecule has 1 aromatic carbocycles. The van der Waals surface area contributed by atoms with E-state index in [1.54, 1.807) is 18.2 Å². The summed E-state index contributed by atoms with van der Waals surface area (Å²) in [5.41, 5.74) is 0.871. The SMILES string of the molecule is CCCNc1ncnc2cc(C(=O)O)ccc12. The van der Waals surface area contributed by atoms with E-state index < -0.39 is 5.97 Å². The fourth-order valence-corrected chi connectivity index (χ4v) is 1.57. The van der Waals surface area contributed by atoms with Gasteiger partial charge in [-0.3, -0.25) is 0 Å². The predicted octanol–water partition coefficient (Wildman–Crippen LogP) is 2.15. The van der Waals surface area contributed by atoms with Crippen LogP contribution in [0.15, 0.2) is 24.5 Å². The van der Waals surface area contributed by atoms with E-state index in [1.807, 2.05) is 0 Å². The highest BCUT2D eigenvalue weighted by atomic mass is 16.4. The Morgan fingerprint density at radius 1 is 1.41 bits per heavy atom. The number of nitrogens with zero attached hydrogens (tertiary/aromatic N) is 2. The third-order valence-electron chi connectivity index (χ3n) is 2.43. The smallest absolute Gasteiger partial charge is 0.335 e. The summed E-state index contributed by atoms with van der Waals surface area (Å²) in [6.07, 6.45) is 2.44. The molecule has 0 aliphatic carbocycles. The van der Waals surface area contributed by atoms with Gasteiger partial charge in [-0.05, 0) is 24.6 Å². The molecule has 5 heteroatoms. The van der Waals surface area contributed by atoms with Gasteiger partial charge in [-0.2, -0.15) is 0 Å². The number of benzene rings is 1. The molecule has 2 aromatic rings. The molecule has 0 radical (unpaired) electrons. The lowest BCUT2D eigenvalue weighted by atomic mass is 10.1. The average molecular weight is 231 g/mol. The summed E-state index contributed by atoms with van der Waals surface area (Å²) in [6, 6.07) is 4.85. The molecule has 1 heterocycles. The quantitative estimate of drug-likeness (QED) is 0.843. The highest BCUT2D eigenvalue weighted by Gasteiger charge is 2.07. The van der Waals surface area contributed by atoms with Gasteiger partial charge < -0.3 is 10.4 Å². The van der Waals surface area contributed by atoms with Gasteiger partial charge in [0.05, 0.1) is 11.1 Å². The number of hydrogen-bond donors (Lipinski definition) is 2. The first-order valence-electron chi connectivity index (χ1n) is 5.44. The third kappa shape index (κ3) is 2.33. The molecular formula is C12H13N3O2. The zero-order valence-corrected chi connectivity index (χ0v) is 9.47. The largest absolute Gasteiger partial charge is 0.478 e. The van der Waals surface area contributed by atoms with E-state index in [-0.39, 0.29) is 5.56 Å². The minimum atomic E-state index is -0.950. The minimum Gasteiger partial charge on any atom is -0.478 e. The lowest BCUT2D eigenvalue weighted by Crippen LogP contribution is -2.03. The van der Waals surface area contributed by atoms with Crippen molar-refractivity contribution in [2.45, 2.75) is 13.3 Å². The van der Waals surface area contributed by atoms with Crippen LogP contribution < -0.4 is 5.32 Å². The van der Waals surface area contributed by atoms with Crippen molar-refractivity contribution in [2.24, 2.45) is 0 Å². The summed E-state index contributed by atoms with van der Waals surface area (Å²) in [5.74, 6) is -0.206. The predicted molar refractivity (Wildman–Crippen MR) is 65.3 cm³/mol.